The quantitative estimate of drug-likeness (QED) is 0.175. The van der Waals surface area contributed by atoms with Crippen LogP contribution in [0, 0.1) is 12.7 Å². The highest BCUT2D eigenvalue weighted by Crippen LogP contribution is 2.34. The van der Waals surface area contributed by atoms with Gasteiger partial charge in [-0.1, -0.05) is 28.9 Å². The summed E-state index contributed by atoms with van der Waals surface area (Å²) >= 11 is 6.00. The lowest BCUT2D eigenvalue weighted by molar-refractivity contribution is -0.120. The third kappa shape index (κ3) is 7.50. The first kappa shape index (κ1) is 32.4. The molecular formula is C29H29ClFN5O7S. The molecule has 1 aliphatic heterocycles. The largest absolute Gasteiger partial charge is 0.444 e. The van der Waals surface area contributed by atoms with Crippen LogP contribution in [0.15, 0.2) is 64.9 Å². The van der Waals surface area contributed by atoms with Crippen LogP contribution in [0.1, 0.15) is 47.8 Å². The number of pyridine rings is 1. The van der Waals surface area contributed by atoms with E-state index in [-0.39, 0.29) is 17.8 Å². The summed E-state index contributed by atoms with van der Waals surface area (Å²) in [5, 5.41) is 6.30. The Morgan fingerprint density at radius 1 is 1.18 bits per heavy atom. The maximum absolute atomic E-state index is 15.4. The topological polar surface area (TPSA) is 170 Å². The Morgan fingerprint density at radius 3 is 2.50 bits per heavy atom. The molecule has 44 heavy (non-hydrogen) atoms. The maximum atomic E-state index is 15.4. The lowest BCUT2D eigenvalue weighted by Gasteiger charge is -2.27. The number of nitrogens with two attached hydrogens (primary N) is 1. The van der Waals surface area contributed by atoms with Crippen LogP contribution in [-0.2, 0) is 30.8 Å². The second-order valence-corrected chi connectivity index (χ2v) is 13.3. The molecule has 15 heteroatoms. The summed E-state index contributed by atoms with van der Waals surface area (Å²) in [7, 11) is -4.38. The number of carbonyl (C=O) groups is 3. The monoisotopic (exact) mass is 645 g/mol. The molecule has 0 spiro atoms. The number of ether oxygens (including phenoxy) is 1. The van der Waals surface area contributed by atoms with Gasteiger partial charge in [-0.2, -0.15) is 0 Å². The SMILES string of the molecule is Cc1ccncc1C(=O)O/N=C(\N)c1cc2c(cc1F)S(=O)(=O)C[C@H](NC(=O)OC(C)(C)C)C(=O)N2Cc1ccc(Cl)cc1. The smallest absolute Gasteiger partial charge is 0.408 e. The van der Waals surface area contributed by atoms with Crippen LogP contribution in [0.25, 0.3) is 0 Å². The van der Waals surface area contributed by atoms with Gasteiger partial charge in [-0.15, -0.1) is 0 Å². The first-order valence-electron chi connectivity index (χ1n) is 13.1. The number of hydrogen-bond acceptors (Lipinski definition) is 9. The zero-order valence-corrected chi connectivity index (χ0v) is 25.7. The summed E-state index contributed by atoms with van der Waals surface area (Å²) in [6.45, 7) is 6.27. The lowest BCUT2D eigenvalue weighted by atomic mass is 10.1. The van der Waals surface area contributed by atoms with E-state index in [0.717, 1.165) is 11.0 Å². The molecule has 0 saturated heterocycles. The number of fused-ring (bicyclic) bond motifs is 1. The normalized spacial score (nSPS) is 16.5. The van der Waals surface area contributed by atoms with Gasteiger partial charge < -0.3 is 25.5 Å². The van der Waals surface area contributed by atoms with Crippen molar-refractivity contribution in [2.45, 2.75) is 50.8 Å². The number of nitrogens with zero attached hydrogens (tertiary/aromatic N) is 3. The third-order valence-corrected chi connectivity index (χ3v) is 8.35. The van der Waals surface area contributed by atoms with Gasteiger partial charge in [0.1, 0.15) is 17.5 Å². The second kappa shape index (κ2) is 12.6. The van der Waals surface area contributed by atoms with Gasteiger partial charge in [0.15, 0.2) is 15.7 Å². The van der Waals surface area contributed by atoms with Crippen molar-refractivity contribution >= 4 is 50.9 Å². The number of oxime groups is 1. The van der Waals surface area contributed by atoms with Gasteiger partial charge in [-0.3, -0.25) is 9.78 Å². The summed E-state index contributed by atoms with van der Waals surface area (Å²) < 4.78 is 47.7. The Labute approximate surface area is 257 Å². The fraction of sp³-hybridized carbons (Fsp3) is 0.276. The molecular weight excluding hydrogens is 617 g/mol. The number of carbonyl (C=O) groups excluding carboxylic acids is 3. The third-order valence-electron chi connectivity index (χ3n) is 6.33. The lowest BCUT2D eigenvalue weighted by Crippen LogP contribution is -2.51. The number of aryl methyl sites for hydroxylation is 1. The van der Waals surface area contributed by atoms with E-state index in [1.165, 1.54) is 12.4 Å². The molecule has 2 heterocycles. The molecule has 4 rings (SSSR count). The highest BCUT2D eigenvalue weighted by atomic mass is 35.5. The zero-order chi connectivity index (χ0) is 32.4. The van der Waals surface area contributed by atoms with Gasteiger partial charge >= 0.3 is 12.1 Å². The van der Waals surface area contributed by atoms with Gasteiger partial charge in [-0.25, -0.2) is 22.4 Å². The molecule has 2 amide bonds. The van der Waals surface area contributed by atoms with Crippen molar-refractivity contribution in [2.24, 2.45) is 10.9 Å². The number of halogens is 2. The zero-order valence-electron chi connectivity index (χ0n) is 24.1. The number of sulfone groups is 1. The van der Waals surface area contributed by atoms with E-state index in [2.05, 4.69) is 15.5 Å². The average Bonchev–Trinajstić information content (AvgIpc) is 3.00. The van der Waals surface area contributed by atoms with E-state index in [9.17, 15) is 22.8 Å². The number of hydrogen-bond donors (Lipinski definition) is 2. The van der Waals surface area contributed by atoms with Crippen LogP contribution in [0.4, 0.5) is 14.9 Å². The van der Waals surface area contributed by atoms with Gasteiger partial charge in [-0.05, 0) is 69.2 Å². The Kier molecular flexibility index (Phi) is 9.25. The van der Waals surface area contributed by atoms with E-state index < -0.39 is 67.3 Å². The highest BCUT2D eigenvalue weighted by Gasteiger charge is 2.40. The van der Waals surface area contributed by atoms with Gasteiger partial charge in [0.25, 0.3) is 5.91 Å². The predicted octanol–water partition coefficient (Wildman–Crippen LogP) is 3.87. The number of alkyl carbamates (subject to hydrolysis) is 1. The van der Waals surface area contributed by atoms with Crippen molar-refractivity contribution in [2.75, 3.05) is 10.7 Å². The van der Waals surface area contributed by atoms with Gasteiger partial charge in [0, 0.05) is 17.4 Å². The predicted molar refractivity (Wildman–Crippen MR) is 159 cm³/mol. The summed E-state index contributed by atoms with van der Waals surface area (Å²) in [6, 6.07) is 8.10. The number of aromatic nitrogens is 1. The van der Waals surface area contributed by atoms with Crippen molar-refractivity contribution < 1.29 is 36.8 Å². The number of amidine groups is 1. The van der Waals surface area contributed by atoms with Crippen molar-refractivity contribution in [1.29, 1.82) is 0 Å². The van der Waals surface area contributed by atoms with Crippen molar-refractivity contribution in [3.63, 3.8) is 0 Å². The summed E-state index contributed by atoms with van der Waals surface area (Å²) in [6.07, 6.45) is 1.73. The first-order chi connectivity index (χ1) is 20.6. The van der Waals surface area contributed by atoms with Crippen LogP contribution >= 0.6 is 11.6 Å². The minimum atomic E-state index is -4.38. The van der Waals surface area contributed by atoms with Crippen LogP contribution in [0.3, 0.4) is 0 Å². The van der Waals surface area contributed by atoms with E-state index >= 15 is 4.39 Å². The van der Waals surface area contributed by atoms with Crippen LogP contribution in [-0.4, -0.2) is 54.6 Å². The Bertz CT molecular complexity index is 1760. The first-order valence-corrected chi connectivity index (χ1v) is 15.2. The average molecular weight is 646 g/mol. The summed E-state index contributed by atoms with van der Waals surface area (Å²) in [5.41, 5.74) is 5.55. The van der Waals surface area contributed by atoms with Crippen molar-refractivity contribution in [1.82, 2.24) is 10.3 Å². The Balaban J connectivity index is 1.78. The van der Waals surface area contributed by atoms with Crippen LogP contribution in [0.2, 0.25) is 5.02 Å². The van der Waals surface area contributed by atoms with Crippen LogP contribution in [0.5, 0.6) is 0 Å². The van der Waals surface area contributed by atoms with Gasteiger partial charge in [0.05, 0.1) is 34.0 Å². The molecule has 12 nitrogen and oxygen atoms in total. The maximum Gasteiger partial charge on any atom is 0.408 e. The number of amides is 2. The molecule has 0 radical (unpaired) electrons. The molecule has 0 bridgehead atoms. The molecule has 3 N–H and O–H groups in total. The number of benzene rings is 2. The van der Waals surface area contributed by atoms with E-state index in [1.54, 1.807) is 58.0 Å². The van der Waals surface area contributed by atoms with E-state index in [4.69, 9.17) is 26.9 Å². The molecule has 2 aromatic carbocycles. The molecule has 3 aromatic rings. The molecule has 232 valence electrons. The summed E-state index contributed by atoms with van der Waals surface area (Å²) in [5.74, 6) is -4.32. The second-order valence-electron chi connectivity index (χ2n) is 10.9. The van der Waals surface area contributed by atoms with E-state index in [1.807, 2.05) is 0 Å². The fourth-order valence-electron chi connectivity index (χ4n) is 4.24. The standard InChI is InChI=1S/C29H29ClFN5O7S/c1-16-9-10-33-13-20(16)27(38)43-35-25(32)19-11-23-24(12-21(19)31)44(40,41)15-22(34-28(39)42-29(2,3)4)26(37)36(23)14-17-5-7-18(30)8-6-17/h5-13,22H,14-15H2,1-4H3,(H2,32,35)(H,34,39)/t22-/m0/s1. The van der Waals surface area contributed by atoms with Gasteiger partial charge in [0.2, 0.25) is 0 Å². The van der Waals surface area contributed by atoms with Crippen molar-refractivity contribution in [3.8, 4) is 0 Å². The highest BCUT2D eigenvalue weighted by molar-refractivity contribution is 7.91. The molecule has 0 fully saturated rings. The summed E-state index contributed by atoms with van der Waals surface area (Å²) in [4.78, 5) is 48.2. The minimum absolute atomic E-state index is 0.0980. The Hall–Kier alpha value is -4.56. The van der Waals surface area contributed by atoms with E-state index in [0.29, 0.717) is 22.2 Å². The van der Waals surface area contributed by atoms with Crippen molar-refractivity contribution in [3.05, 3.63) is 88.0 Å². The number of nitrogens with one attached hydrogen (secondary N) is 1. The Morgan fingerprint density at radius 2 is 1.86 bits per heavy atom. The number of rotatable bonds is 6. The molecule has 1 atom stereocenters. The molecule has 0 saturated carbocycles. The minimum Gasteiger partial charge on any atom is -0.444 e. The molecule has 1 aromatic heterocycles. The molecule has 0 unspecified atom stereocenters. The molecule has 0 aliphatic carbocycles. The van der Waals surface area contributed by atoms with Crippen LogP contribution < -0.4 is 16.0 Å². The molecule has 1 aliphatic rings. The number of anilines is 1. The fourth-order valence-corrected chi connectivity index (χ4v) is 5.98.